The quantitative estimate of drug-likeness (QED) is 0.442. The lowest BCUT2D eigenvalue weighted by Gasteiger charge is -2.35. The minimum atomic E-state index is -0.507. The molecule has 164 valence electrons. The summed E-state index contributed by atoms with van der Waals surface area (Å²) in [6.07, 6.45) is 3.08. The van der Waals surface area contributed by atoms with Crippen LogP contribution in [-0.4, -0.2) is 55.1 Å². The zero-order chi connectivity index (χ0) is 22.5. The molecule has 0 radical (unpaired) electrons. The highest BCUT2D eigenvalue weighted by atomic mass is 16.5. The van der Waals surface area contributed by atoms with E-state index in [1.165, 1.54) is 9.96 Å². The normalized spacial score (nSPS) is 14.3. The molecule has 1 aliphatic rings. The fourth-order valence-electron chi connectivity index (χ4n) is 4.10. The number of benzene rings is 1. The SMILES string of the molecule is CN1CCN(c2c(C#N)c(=O)n3ccccc3c2C(=O)OCCCc2ccccc2)CC1. The van der Waals surface area contributed by atoms with Crippen LogP contribution in [0.25, 0.3) is 5.52 Å². The number of rotatable bonds is 6. The van der Waals surface area contributed by atoms with Crippen LogP contribution in [0.4, 0.5) is 5.69 Å². The van der Waals surface area contributed by atoms with Gasteiger partial charge in [0, 0.05) is 32.4 Å². The molecule has 2 aromatic heterocycles. The van der Waals surface area contributed by atoms with Gasteiger partial charge in [0.2, 0.25) is 0 Å². The number of esters is 1. The Morgan fingerprint density at radius 1 is 1.06 bits per heavy atom. The number of carbonyl (C=O) groups excluding carboxylic acids is 1. The minimum Gasteiger partial charge on any atom is -0.462 e. The molecule has 0 unspecified atom stereocenters. The van der Waals surface area contributed by atoms with Crippen molar-refractivity contribution in [3.8, 4) is 6.07 Å². The number of hydrogen-bond acceptors (Lipinski definition) is 6. The number of anilines is 1. The molecule has 0 aliphatic carbocycles. The van der Waals surface area contributed by atoms with Crippen molar-refractivity contribution >= 4 is 17.2 Å². The van der Waals surface area contributed by atoms with E-state index in [1.54, 1.807) is 24.4 Å². The van der Waals surface area contributed by atoms with Crippen LogP contribution in [0.5, 0.6) is 0 Å². The van der Waals surface area contributed by atoms with Gasteiger partial charge in [-0.25, -0.2) is 4.79 Å². The number of carbonyl (C=O) groups is 1. The van der Waals surface area contributed by atoms with E-state index in [0.29, 0.717) is 30.7 Å². The molecule has 4 rings (SSSR count). The Hall–Kier alpha value is -3.63. The molecule has 0 atom stereocenters. The summed E-state index contributed by atoms with van der Waals surface area (Å²) in [7, 11) is 2.03. The van der Waals surface area contributed by atoms with Crippen LogP contribution in [0.3, 0.4) is 0 Å². The first-order chi connectivity index (χ1) is 15.6. The maximum atomic E-state index is 13.3. The van der Waals surface area contributed by atoms with E-state index in [4.69, 9.17) is 4.74 Å². The van der Waals surface area contributed by atoms with E-state index >= 15 is 0 Å². The second-order valence-corrected chi connectivity index (χ2v) is 7.99. The molecule has 0 amide bonds. The van der Waals surface area contributed by atoms with Crippen molar-refractivity contribution in [2.24, 2.45) is 0 Å². The van der Waals surface area contributed by atoms with Crippen molar-refractivity contribution in [1.29, 1.82) is 5.26 Å². The first kappa shape index (κ1) is 21.6. The summed E-state index contributed by atoms with van der Waals surface area (Å²) < 4.78 is 7.01. The third-order valence-corrected chi connectivity index (χ3v) is 5.84. The molecule has 3 heterocycles. The van der Waals surface area contributed by atoms with E-state index in [9.17, 15) is 14.9 Å². The summed E-state index contributed by atoms with van der Waals surface area (Å²) in [4.78, 5) is 30.5. The molecule has 1 aliphatic heterocycles. The fraction of sp³-hybridized carbons (Fsp3) is 0.320. The van der Waals surface area contributed by atoms with Crippen molar-refractivity contribution in [1.82, 2.24) is 9.30 Å². The average molecular weight is 431 g/mol. The Morgan fingerprint density at radius 2 is 1.78 bits per heavy atom. The molecule has 0 spiro atoms. The summed E-state index contributed by atoms with van der Waals surface area (Å²) in [6.45, 7) is 3.08. The number of nitrogens with zero attached hydrogens (tertiary/aromatic N) is 4. The molecular weight excluding hydrogens is 404 g/mol. The smallest absolute Gasteiger partial charge is 0.342 e. The molecule has 7 heteroatoms. The number of pyridine rings is 2. The first-order valence-electron chi connectivity index (χ1n) is 10.8. The Labute approximate surface area is 187 Å². The second-order valence-electron chi connectivity index (χ2n) is 7.99. The fourth-order valence-corrected chi connectivity index (χ4v) is 4.10. The highest BCUT2D eigenvalue weighted by Gasteiger charge is 2.29. The second kappa shape index (κ2) is 9.67. The number of nitriles is 1. The van der Waals surface area contributed by atoms with Crippen molar-refractivity contribution in [2.45, 2.75) is 12.8 Å². The summed E-state index contributed by atoms with van der Waals surface area (Å²) in [5.41, 5.74) is 1.88. The van der Waals surface area contributed by atoms with Gasteiger partial charge in [-0.2, -0.15) is 5.26 Å². The molecule has 1 fully saturated rings. The molecule has 0 saturated carbocycles. The van der Waals surface area contributed by atoms with Gasteiger partial charge in [-0.1, -0.05) is 36.4 Å². The molecule has 1 aromatic carbocycles. The molecular formula is C25H26N4O3. The number of likely N-dealkylation sites (N-methyl/N-ethyl adjacent to an activating group) is 1. The van der Waals surface area contributed by atoms with Crippen LogP contribution in [-0.2, 0) is 11.2 Å². The van der Waals surface area contributed by atoms with Crippen molar-refractivity contribution < 1.29 is 9.53 Å². The Kier molecular flexibility index (Phi) is 6.52. The zero-order valence-corrected chi connectivity index (χ0v) is 18.2. The van der Waals surface area contributed by atoms with Crippen LogP contribution in [0.2, 0.25) is 0 Å². The van der Waals surface area contributed by atoms with Gasteiger partial charge in [0.1, 0.15) is 17.2 Å². The predicted octanol–water partition coefficient (Wildman–Crippen LogP) is 2.71. The number of hydrogen-bond donors (Lipinski definition) is 0. The maximum Gasteiger partial charge on any atom is 0.342 e. The van der Waals surface area contributed by atoms with Gasteiger partial charge in [-0.3, -0.25) is 9.20 Å². The van der Waals surface area contributed by atoms with Gasteiger partial charge in [0.05, 0.1) is 17.8 Å². The number of piperazine rings is 1. The number of ether oxygens (including phenoxy) is 1. The van der Waals surface area contributed by atoms with Crippen LogP contribution in [0.1, 0.15) is 27.9 Å². The van der Waals surface area contributed by atoms with E-state index < -0.39 is 11.5 Å². The minimum absolute atomic E-state index is 0.0190. The predicted molar refractivity (Wildman–Crippen MR) is 123 cm³/mol. The van der Waals surface area contributed by atoms with Gasteiger partial charge in [-0.05, 0) is 37.6 Å². The molecule has 32 heavy (non-hydrogen) atoms. The number of fused-ring (bicyclic) bond motifs is 1. The van der Waals surface area contributed by atoms with Crippen LogP contribution < -0.4 is 10.5 Å². The van der Waals surface area contributed by atoms with E-state index in [0.717, 1.165) is 19.5 Å². The highest BCUT2D eigenvalue weighted by Crippen LogP contribution is 2.29. The zero-order valence-electron chi connectivity index (χ0n) is 18.2. The lowest BCUT2D eigenvalue weighted by molar-refractivity contribution is 0.0503. The monoisotopic (exact) mass is 430 g/mol. The number of aromatic nitrogens is 1. The van der Waals surface area contributed by atoms with Crippen LogP contribution >= 0.6 is 0 Å². The van der Waals surface area contributed by atoms with Crippen molar-refractivity contribution in [2.75, 3.05) is 44.7 Å². The van der Waals surface area contributed by atoms with Crippen LogP contribution in [0, 0.1) is 11.3 Å². The standard InChI is InChI=1S/C25H26N4O3/c1-27-13-15-28(16-14-27)23-20(18-26)24(30)29-12-6-5-11-21(29)22(23)25(31)32-17-7-10-19-8-3-2-4-9-19/h2-6,8-9,11-12H,7,10,13-17H2,1H3. The lowest BCUT2D eigenvalue weighted by atomic mass is 10.1. The van der Waals surface area contributed by atoms with Crippen molar-refractivity contribution in [3.63, 3.8) is 0 Å². The largest absolute Gasteiger partial charge is 0.462 e. The van der Waals surface area contributed by atoms with Crippen LogP contribution in [0.15, 0.2) is 59.5 Å². The van der Waals surface area contributed by atoms with E-state index in [2.05, 4.69) is 11.0 Å². The number of aryl methyl sites for hydroxylation is 1. The van der Waals surface area contributed by atoms with E-state index in [1.807, 2.05) is 42.3 Å². The summed E-state index contributed by atoms with van der Waals surface area (Å²) in [5, 5.41) is 9.84. The van der Waals surface area contributed by atoms with Gasteiger partial charge >= 0.3 is 5.97 Å². The van der Waals surface area contributed by atoms with Gasteiger partial charge in [-0.15, -0.1) is 0 Å². The molecule has 0 bridgehead atoms. The third kappa shape index (κ3) is 4.36. The van der Waals surface area contributed by atoms with Gasteiger partial charge in [0.25, 0.3) is 5.56 Å². The van der Waals surface area contributed by atoms with Gasteiger partial charge < -0.3 is 14.5 Å². The summed E-state index contributed by atoms with van der Waals surface area (Å²) >= 11 is 0. The Balaban J connectivity index is 1.67. The highest BCUT2D eigenvalue weighted by molar-refractivity contribution is 6.04. The summed E-state index contributed by atoms with van der Waals surface area (Å²) in [5.74, 6) is -0.507. The third-order valence-electron chi connectivity index (χ3n) is 5.84. The topological polar surface area (TPSA) is 78.0 Å². The molecule has 1 saturated heterocycles. The van der Waals surface area contributed by atoms with Crippen molar-refractivity contribution in [3.05, 3.63) is 81.8 Å². The Morgan fingerprint density at radius 3 is 2.50 bits per heavy atom. The molecule has 7 nitrogen and oxygen atoms in total. The molecule has 0 N–H and O–H groups in total. The molecule has 3 aromatic rings. The first-order valence-corrected chi connectivity index (χ1v) is 10.8. The average Bonchev–Trinajstić information content (AvgIpc) is 2.83. The Bertz CT molecular complexity index is 1210. The lowest BCUT2D eigenvalue weighted by Crippen LogP contribution is -2.46. The van der Waals surface area contributed by atoms with Gasteiger partial charge in [0.15, 0.2) is 0 Å². The van der Waals surface area contributed by atoms with E-state index in [-0.39, 0.29) is 17.7 Å². The maximum absolute atomic E-state index is 13.3. The summed E-state index contributed by atoms with van der Waals surface area (Å²) in [6, 6.07) is 17.3.